The van der Waals surface area contributed by atoms with E-state index in [1.165, 1.54) is 0 Å². The molecule has 0 fully saturated rings. The Balaban J connectivity index is 1.98. The molecule has 21 heavy (non-hydrogen) atoms. The molecule has 1 amide bonds. The molecule has 0 spiro atoms. The summed E-state index contributed by atoms with van der Waals surface area (Å²) in [5.74, 6) is 0.583. The molecule has 0 atom stereocenters. The molecule has 1 heterocycles. The molecule has 0 radical (unpaired) electrons. The maximum absolute atomic E-state index is 11.6. The van der Waals surface area contributed by atoms with E-state index in [0.29, 0.717) is 5.76 Å². The van der Waals surface area contributed by atoms with Gasteiger partial charge in [-0.05, 0) is 33.3 Å². The van der Waals surface area contributed by atoms with E-state index in [9.17, 15) is 4.79 Å². The van der Waals surface area contributed by atoms with Crippen molar-refractivity contribution < 1.29 is 14.1 Å². The second kappa shape index (κ2) is 5.99. The minimum absolute atomic E-state index is 0.244. The summed E-state index contributed by atoms with van der Waals surface area (Å²) in [4.78, 5) is 11.6. The fourth-order valence-corrected chi connectivity index (χ4v) is 1.86. The van der Waals surface area contributed by atoms with Crippen molar-refractivity contribution in [2.24, 2.45) is 0 Å². The molecule has 1 aromatic heterocycles. The highest BCUT2D eigenvalue weighted by Gasteiger charge is 2.16. The van der Waals surface area contributed by atoms with Gasteiger partial charge in [0.15, 0.2) is 5.76 Å². The van der Waals surface area contributed by atoms with Crippen LogP contribution < -0.4 is 5.32 Å². The first-order chi connectivity index (χ1) is 9.85. The van der Waals surface area contributed by atoms with Crippen molar-refractivity contribution in [3.8, 4) is 11.3 Å². The van der Waals surface area contributed by atoms with Gasteiger partial charge in [0.05, 0.1) is 6.54 Å². The SMILES string of the molecule is Cc1ccccc1-c1cc(CNC(=O)OC(C)(C)C)on1. The van der Waals surface area contributed by atoms with E-state index in [1.807, 2.05) is 58.0 Å². The Hall–Kier alpha value is -2.30. The molecule has 0 unspecified atom stereocenters. The molecular weight excluding hydrogens is 268 g/mol. The third-order valence-corrected chi connectivity index (χ3v) is 2.79. The predicted octanol–water partition coefficient (Wildman–Crippen LogP) is 3.67. The summed E-state index contributed by atoms with van der Waals surface area (Å²) in [6.07, 6.45) is -0.476. The second-order valence-electron chi connectivity index (χ2n) is 5.85. The number of hydrogen-bond acceptors (Lipinski definition) is 4. The zero-order valence-electron chi connectivity index (χ0n) is 12.8. The predicted molar refractivity (Wildman–Crippen MR) is 79.7 cm³/mol. The van der Waals surface area contributed by atoms with Crippen molar-refractivity contribution in [1.82, 2.24) is 10.5 Å². The summed E-state index contributed by atoms with van der Waals surface area (Å²) in [5, 5.41) is 6.67. The van der Waals surface area contributed by atoms with Gasteiger partial charge in [-0.2, -0.15) is 0 Å². The van der Waals surface area contributed by atoms with Crippen molar-refractivity contribution in [1.29, 1.82) is 0 Å². The average Bonchev–Trinajstić information content (AvgIpc) is 2.83. The van der Waals surface area contributed by atoms with Crippen LogP contribution in [-0.4, -0.2) is 16.9 Å². The lowest BCUT2D eigenvalue weighted by Gasteiger charge is -2.19. The van der Waals surface area contributed by atoms with Crippen LogP contribution in [0.15, 0.2) is 34.9 Å². The minimum atomic E-state index is -0.516. The molecule has 2 rings (SSSR count). The first-order valence-electron chi connectivity index (χ1n) is 6.83. The van der Waals surface area contributed by atoms with E-state index in [4.69, 9.17) is 9.26 Å². The van der Waals surface area contributed by atoms with Crippen molar-refractivity contribution >= 4 is 6.09 Å². The fraction of sp³-hybridized carbons (Fsp3) is 0.375. The minimum Gasteiger partial charge on any atom is -0.444 e. The van der Waals surface area contributed by atoms with Crippen LogP contribution >= 0.6 is 0 Å². The maximum atomic E-state index is 11.6. The molecule has 5 nitrogen and oxygen atoms in total. The number of benzene rings is 1. The van der Waals surface area contributed by atoms with Crippen LogP contribution in [0.5, 0.6) is 0 Å². The van der Waals surface area contributed by atoms with Gasteiger partial charge >= 0.3 is 6.09 Å². The number of carbonyl (C=O) groups is 1. The van der Waals surface area contributed by atoms with Gasteiger partial charge in [-0.25, -0.2) is 4.79 Å². The number of rotatable bonds is 3. The maximum Gasteiger partial charge on any atom is 0.408 e. The van der Waals surface area contributed by atoms with E-state index >= 15 is 0 Å². The number of nitrogens with zero attached hydrogens (tertiary/aromatic N) is 1. The Labute approximate surface area is 124 Å². The Kier molecular flexibility index (Phi) is 4.31. The third kappa shape index (κ3) is 4.34. The lowest BCUT2D eigenvalue weighted by Crippen LogP contribution is -2.32. The summed E-state index contributed by atoms with van der Waals surface area (Å²) in [6, 6.07) is 9.75. The smallest absolute Gasteiger partial charge is 0.408 e. The monoisotopic (exact) mass is 288 g/mol. The molecule has 112 valence electrons. The number of alkyl carbamates (subject to hydrolysis) is 1. The number of ether oxygens (including phenoxy) is 1. The number of hydrogen-bond donors (Lipinski definition) is 1. The van der Waals surface area contributed by atoms with Gasteiger partial charge in [0.1, 0.15) is 11.3 Å². The van der Waals surface area contributed by atoms with Crippen LogP contribution in [0.4, 0.5) is 4.79 Å². The first kappa shape index (κ1) is 15.1. The quantitative estimate of drug-likeness (QED) is 0.935. The van der Waals surface area contributed by atoms with Gasteiger partial charge < -0.3 is 14.6 Å². The Morgan fingerprint density at radius 3 is 2.71 bits per heavy atom. The lowest BCUT2D eigenvalue weighted by molar-refractivity contribution is 0.0519. The molecule has 1 aromatic carbocycles. The Morgan fingerprint density at radius 2 is 2.05 bits per heavy atom. The zero-order chi connectivity index (χ0) is 15.5. The summed E-state index contributed by atoms with van der Waals surface area (Å²) < 4.78 is 10.4. The van der Waals surface area contributed by atoms with Crippen LogP contribution in [-0.2, 0) is 11.3 Å². The van der Waals surface area contributed by atoms with E-state index in [1.54, 1.807) is 0 Å². The lowest BCUT2D eigenvalue weighted by atomic mass is 10.1. The number of aromatic nitrogens is 1. The molecule has 0 aliphatic carbocycles. The van der Waals surface area contributed by atoms with Gasteiger partial charge in [-0.15, -0.1) is 0 Å². The molecule has 0 aliphatic rings. The molecular formula is C16H20N2O3. The molecule has 1 N–H and O–H groups in total. The van der Waals surface area contributed by atoms with Crippen molar-refractivity contribution in [2.75, 3.05) is 0 Å². The van der Waals surface area contributed by atoms with E-state index in [2.05, 4.69) is 10.5 Å². The van der Waals surface area contributed by atoms with E-state index < -0.39 is 11.7 Å². The third-order valence-electron chi connectivity index (χ3n) is 2.79. The van der Waals surface area contributed by atoms with Gasteiger partial charge in [-0.3, -0.25) is 0 Å². The second-order valence-corrected chi connectivity index (χ2v) is 5.85. The molecule has 0 bridgehead atoms. The van der Waals surface area contributed by atoms with E-state index in [-0.39, 0.29) is 6.54 Å². The molecule has 0 saturated heterocycles. The largest absolute Gasteiger partial charge is 0.444 e. The number of amides is 1. The highest BCUT2D eigenvalue weighted by atomic mass is 16.6. The van der Waals surface area contributed by atoms with Crippen LogP contribution in [0.3, 0.4) is 0 Å². The summed E-state index contributed by atoms with van der Waals surface area (Å²) in [5.41, 5.74) is 2.38. The zero-order valence-corrected chi connectivity index (χ0v) is 12.8. The number of nitrogens with one attached hydrogen (secondary N) is 1. The molecule has 2 aromatic rings. The van der Waals surface area contributed by atoms with Gasteiger partial charge in [-0.1, -0.05) is 29.4 Å². The summed E-state index contributed by atoms with van der Waals surface area (Å²) in [6.45, 7) is 7.71. The van der Waals surface area contributed by atoms with Gasteiger partial charge in [0.25, 0.3) is 0 Å². The first-order valence-corrected chi connectivity index (χ1v) is 6.83. The molecule has 5 heteroatoms. The highest BCUT2D eigenvalue weighted by Crippen LogP contribution is 2.22. The summed E-state index contributed by atoms with van der Waals surface area (Å²) in [7, 11) is 0. The molecule has 0 aliphatic heterocycles. The van der Waals surface area contributed by atoms with Crippen LogP contribution in [0.25, 0.3) is 11.3 Å². The highest BCUT2D eigenvalue weighted by molar-refractivity contribution is 5.68. The van der Waals surface area contributed by atoms with Crippen molar-refractivity contribution in [3.05, 3.63) is 41.7 Å². The Bertz CT molecular complexity index is 626. The molecule has 0 saturated carbocycles. The normalized spacial score (nSPS) is 11.2. The Morgan fingerprint density at radius 1 is 1.33 bits per heavy atom. The number of aryl methyl sites for hydroxylation is 1. The van der Waals surface area contributed by atoms with Crippen LogP contribution in [0.2, 0.25) is 0 Å². The summed E-state index contributed by atoms with van der Waals surface area (Å²) >= 11 is 0. The van der Waals surface area contributed by atoms with Gasteiger partial charge in [0.2, 0.25) is 0 Å². The van der Waals surface area contributed by atoms with Crippen LogP contribution in [0, 0.1) is 6.92 Å². The average molecular weight is 288 g/mol. The fourth-order valence-electron chi connectivity index (χ4n) is 1.86. The number of carbonyl (C=O) groups excluding carboxylic acids is 1. The van der Waals surface area contributed by atoms with Gasteiger partial charge in [0, 0.05) is 11.6 Å². The van der Waals surface area contributed by atoms with Crippen molar-refractivity contribution in [2.45, 2.75) is 39.8 Å². The topological polar surface area (TPSA) is 64.4 Å². The standard InChI is InChI=1S/C16H20N2O3/c1-11-7-5-6-8-13(11)14-9-12(21-18-14)10-17-15(19)20-16(2,3)4/h5-9H,10H2,1-4H3,(H,17,19). The van der Waals surface area contributed by atoms with Crippen LogP contribution in [0.1, 0.15) is 32.1 Å². The van der Waals surface area contributed by atoms with E-state index in [0.717, 1.165) is 16.8 Å². The van der Waals surface area contributed by atoms with Crippen molar-refractivity contribution in [3.63, 3.8) is 0 Å².